The van der Waals surface area contributed by atoms with Crippen LogP contribution >= 0.6 is 0 Å². The number of hydrogen-bond donors (Lipinski definition) is 2. The molecule has 3 N–H and O–H groups in total. The van der Waals surface area contributed by atoms with Crippen LogP contribution in [0.1, 0.15) is 63.3 Å². The number of imidazole rings is 1. The molecule has 0 amide bonds. The van der Waals surface area contributed by atoms with Gasteiger partial charge in [0.1, 0.15) is 5.82 Å². The van der Waals surface area contributed by atoms with E-state index >= 15 is 0 Å². The molecule has 1 aliphatic rings. The Hall–Kier alpha value is -1.35. The van der Waals surface area contributed by atoms with Gasteiger partial charge >= 0.3 is 0 Å². The second-order valence-electron chi connectivity index (χ2n) is 6.42. The van der Waals surface area contributed by atoms with Crippen molar-refractivity contribution >= 4 is 11.0 Å². The Morgan fingerprint density at radius 3 is 2.63 bits per heavy atom. The molecule has 1 aromatic heterocycles. The van der Waals surface area contributed by atoms with E-state index in [2.05, 4.69) is 28.2 Å². The van der Waals surface area contributed by atoms with Crippen molar-refractivity contribution in [2.45, 2.75) is 57.4 Å². The molecule has 1 heterocycles. The molecule has 1 fully saturated rings. The van der Waals surface area contributed by atoms with E-state index < -0.39 is 5.54 Å². The van der Waals surface area contributed by atoms with Gasteiger partial charge in [-0.3, -0.25) is 0 Å². The summed E-state index contributed by atoms with van der Waals surface area (Å²) in [5.74, 6) is 1.59. The van der Waals surface area contributed by atoms with E-state index in [0.717, 1.165) is 22.8 Å². The van der Waals surface area contributed by atoms with Crippen molar-refractivity contribution in [3.8, 4) is 0 Å². The third kappa shape index (κ3) is 2.52. The van der Waals surface area contributed by atoms with Crippen LogP contribution < -0.4 is 5.73 Å². The zero-order valence-corrected chi connectivity index (χ0v) is 11.9. The molecule has 0 aliphatic heterocycles. The van der Waals surface area contributed by atoms with Crippen LogP contribution in [0, 0.1) is 0 Å². The molecule has 2 aromatic rings. The third-order valence-electron chi connectivity index (χ3n) is 4.19. The van der Waals surface area contributed by atoms with Crippen molar-refractivity contribution in [2.75, 3.05) is 0 Å². The summed E-state index contributed by atoms with van der Waals surface area (Å²) in [4.78, 5) is 7.99. The summed E-state index contributed by atoms with van der Waals surface area (Å²) < 4.78 is 0. The smallest absolute Gasteiger partial charge is 0.126 e. The Bertz CT molecular complexity index is 571. The summed E-state index contributed by atoms with van der Waals surface area (Å²) in [6.07, 6.45) is 6.78. The third-order valence-corrected chi connectivity index (χ3v) is 4.19. The second kappa shape index (κ2) is 4.64. The number of nitrogens with zero attached hydrogens (tertiary/aromatic N) is 1. The minimum atomic E-state index is -0.413. The summed E-state index contributed by atoms with van der Waals surface area (Å²) in [5, 5.41) is 0. The zero-order chi connectivity index (χ0) is 13.5. The molecule has 3 heteroatoms. The number of benzene rings is 1. The Kier molecular flexibility index (Phi) is 3.09. The molecule has 3 nitrogen and oxygen atoms in total. The molecule has 0 atom stereocenters. The maximum Gasteiger partial charge on any atom is 0.126 e. The lowest BCUT2D eigenvalue weighted by Crippen LogP contribution is -2.30. The van der Waals surface area contributed by atoms with Gasteiger partial charge < -0.3 is 10.7 Å². The zero-order valence-electron chi connectivity index (χ0n) is 11.9. The molecule has 0 spiro atoms. The van der Waals surface area contributed by atoms with Crippen LogP contribution in [0.2, 0.25) is 0 Å². The summed E-state index contributed by atoms with van der Waals surface area (Å²) in [6.45, 7) is 3.96. The summed E-state index contributed by atoms with van der Waals surface area (Å²) in [7, 11) is 0. The Morgan fingerprint density at radius 2 is 1.95 bits per heavy atom. The van der Waals surface area contributed by atoms with Gasteiger partial charge in [0.25, 0.3) is 0 Å². The Labute approximate surface area is 114 Å². The van der Waals surface area contributed by atoms with Crippen molar-refractivity contribution in [1.29, 1.82) is 0 Å². The number of hydrogen-bond acceptors (Lipinski definition) is 2. The highest BCUT2D eigenvalue weighted by Gasteiger charge is 2.20. The maximum atomic E-state index is 6.11. The molecule has 1 aromatic carbocycles. The first-order chi connectivity index (χ1) is 9.04. The van der Waals surface area contributed by atoms with Crippen LogP contribution in [0.4, 0.5) is 0 Å². The van der Waals surface area contributed by atoms with Gasteiger partial charge in [-0.05, 0) is 50.3 Å². The summed E-state index contributed by atoms with van der Waals surface area (Å²) in [5.41, 5.74) is 9.28. The number of aromatic nitrogens is 2. The predicted molar refractivity (Wildman–Crippen MR) is 79.1 cm³/mol. The van der Waals surface area contributed by atoms with Gasteiger partial charge in [-0.1, -0.05) is 25.3 Å². The average Bonchev–Trinajstić information content (AvgIpc) is 2.82. The van der Waals surface area contributed by atoms with E-state index in [4.69, 9.17) is 5.73 Å². The van der Waals surface area contributed by atoms with E-state index in [1.54, 1.807) is 0 Å². The maximum absolute atomic E-state index is 6.11. The molecule has 3 rings (SSSR count). The van der Waals surface area contributed by atoms with Gasteiger partial charge in [-0.2, -0.15) is 0 Å². The van der Waals surface area contributed by atoms with Gasteiger partial charge in [-0.15, -0.1) is 0 Å². The van der Waals surface area contributed by atoms with Crippen LogP contribution in [-0.2, 0) is 5.54 Å². The first-order valence-electron chi connectivity index (χ1n) is 7.33. The van der Waals surface area contributed by atoms with Gasteiger partial charge in [0.2, 0.25) is 0 Å². The van der Waals surface area contributed by atoms with E-state index in [9.17, 15) is 0 Å². The number of H-pyrrole nitrogens is 1. The topological polar surface area (TPSA) is 54.7 Å². The molecule has 0 bridgehead atoms. The first kappa shape index (κ1) is 12.7. The fraction of sp³-hybridized carbons (Fsp3) is 0.562. The van der Waals surface area contributed by atoms with Crippen molar-refractivity contribution < 1.29 is 0 Å². The van der Waals surface area contributed by atoms with E-state index in [1.165, 1.54) is 37.7 Å². The lowest BCUT2D eigenvalue weighted by molar-refractivity contribution is 0.444. The first-order valence-corrected chi connectivity index (χ1v) is 7.33. The molecule has 0 saturated heterocycles. The van der Waals surface area contributed by atoms with Crippen molar-refractivity contribution in [2.24, 2.45) is 5.73 Å². The Morgan fingerprint density at radius 1 is 1.21 bits per heavy atom. The minimum absolute atomic E-state index is 0.413. The fourth-order valence-electron chi connectivity index (χ4n) is 3.02. The highest BCUT2D eigenvalue weighted by atomic mass is 15.0. The molecule has 0 radical (unpaired) electrons. The van der Waals surface area contributed by atoms with Gasteiger partial charge in [0, 0.05) is 0 Å². The monoisotopic (exact) mass is 257 g/mol. The van der Waals surface area contributed by atoms with Crippen LogP contribution in [0.25, 0.3) is 11.0 Å². The molecule has 1 saturated carbocycles. The van der Waals surface area contributed by atoms with E-state index in [1.807, 2.05) is 13.8 Å². The number of rotatable bonds is 2. The molecule has 19 heavy (non-hydrogen) atoms. The second-order valence-corrected chi connectivity index (χ2v) is 6.42. The molecule has 102 valence electrons. The molecule has 0 unspecified atom stereocenters. The number of nitrogens with one attached hydrogen (secondary N) is 1. The van der Waals surface area contributed by atoms with Crippen LogP contribution in [0.3, 0.4) is 0 Å². The number of aromatic amines is 1. The van der Waals surface area contributed by atoms with Crippen molar-refractivity contribution in [1.82, 2.24) is 9.97 Å². The summed E-state index contributed by atoms with van der Waals surface area (Å²) in [6, 6.07) is 6.66. The Balaban J connectivity index is 1.96. The standard InChI is InChI=1S/C16H23N3/c1-16(2,17)15-18-13-9-8-12(10-14(13)19-15)11-6-4-3-5-7-11/h8-11H,3-7,17H2,1-2H3,(H,18,19). The van der Waals surface area contributed by atoms with Crippen LogP contribution in [0.15, 0.2) is 18.2 Å². The van der Waals surface area contributed by atoms with Crippen molar-refractivity contribution in [3.05, 3.63) is 29.6 Å². The van der Waals surface area contributed by atoms with Gasteiger partial charge in [0.15, 0.2) is 0 Å². The highest BCUT2D eigenvalue weighted by Crippen LogP contribution is 2.33. The molecule has 1 aliphatic carbocycles. The van der Waals surface area contributed by atoms with E-state index in [-0.39, 0.29) is 0 Å². The van der Waals surface area contributed by atoms with Crippen LogP contribution in [-0.4, -0.2) is 9.97 Å². The SMILES string of the molecule is CC(C)(N)c1nc2cc(C3CCCCC3)ccc2[nH]1. The predicted octanol–water partition coefficient (Wildman–Crippen LogP) is 3.80. The minimum Gasteiger partial charge on any atom is -0.340 e. The van der Waals surface area contributed by atoms with Gasteiger partial charge in [-0.25, -0.2) is 4.98 Å². The summed E-state index contributed by atoms with van der Waals surface area (Å²) >= 11 is 0. The highest BCUT2D eigenvalue weighted by molar-refractivity contribution is 5.76. The molecular formula is C16H23N3. The fourth-order valence-corrected chi connectivity index (χ4v) is 3.02. The number of fused-ring (bicyclic) bond motifs is 1. The van der Waals surface area contributed by atoms with Crippen LogP contribution in [0.5, 0.6) is 0 Å². The van der Waals surface area contributed by atoms with Crippen molar-refractivity contribution in [3.63, 3.8) is 0 Å². The normalized spacial score (nSPS) is 18.1. The quantitative estimate of drug-likeness (QED) is 0.859. The number of nitrogens with two attached hydrogens (primary N) is 1. The average molecular weight is 257 g/mol. The van der Waals surface area contributed by atoms with Gasteiger partial charge in [0.05, 0.1) is 16.6 Å². The van der Waals surface area contributed by atoms with E-state index in [0.29, 0.717) is 0 Å². The largest absolute Gasteiger partial charge is 0.340 e. The lowest BCUT2D eigenvalue weighted by atomic mass is 9.84. The lowest BCUT2D eigenvalue weighted by Gasteiger charge is -2.21. The molecular weight excluding hydrogens is 234 g/mol.